The molecule has 2 aliphatic heterocycles. The summed E-state index contributed by atoms with van der Waals surface area (Å²) in [6, 6.07) is 5.21. The molecule has 0 saturated carbocycles. The number of carbonyl (C=O) groups excluding carboxylic acids is 2. The molecule has 0 radical (unpaired) electrons. The van der Waals surface area contributed by atoms with Gasteiger partial charge in [0.2, 0.25) is 5.91 Å². The van der Waals surface area contributed by atoms with Gasteiger partial charge >= 0.3 is 0 Å². The van der Waals surface area contributed by atoms with Gasteiger partial charge in [0.1, 0.15) is 11.5 Å². The molecule has 2 amide bonds. The molecule has 6 nitrogen and oxygen atoms in total. The second-order valence-corrected chi connectivity index (χ2v) is 7.83. The molecule has 26 heavy (non-hydrogen) atoms. The van der Waals surface area contributed by atoms with Crippen molar-refractivity contribution in [3.63, 3.8) is 0 Å². The van der Waals surface area contributed by atoms with Gasteiger partial charge in [-0.05, 0) is 25.0 Å². The van der Waals surface area contributed by atoms with Gasteiger partial charge in [-0.1, -0.05) is 0 Å². The van der Waals surface area contributed by atoms with Crippen molar-refractivity contribution in [3.05, 3.63) is 23.8 Å². The van der Waals surface area contributed by atoms with Crippen LogP contribution in [0.2, 0.25) is 0 Å². The maximum absolute atomic E-state index is 12.8. The van der Waals surface area contributed by atoms with Crippen molar-refractivity contribution in [1.82, 2.24) is 9.80 Å². The number of likely N-dealkylation sites (tertiary alicyclic amines) is 1. The number of ether oxygens (including phenoxy) is 2. The first kappa shape index (κ1) is 18.9. The average Bonchev–Trinajstić information content (AvgIpc) is 2.73. The third kappa shape index (κ3) is 4.26. The second-order valence-electron chi connectivity index (χ2n) is 6.61. The summed E-state index contributed by atoms with van der Waals surface area (Å²) in [4.78, 5) is 29.3. The largest absolute Gasteiger partial charge is 0.497 e. The standard InChI is InChI=1S/C19H26N2O4S/c1-24-16-11-15(12-17(13-16)25-2)19(23)20-5-3-14(4-6-20)18(22)21-7-9-26-10-8-21/h11-14H,3-10H2,1-2H3. The first-order valence-electron chi connectivity index (χ1n) is 9.01. The molecule has 0 spiro atoms. The molecule has 2 heterocycles. The van der Waals surface area contributed by atoms with Crippen LogP contribution in [0.5, 0.6) is 11.5 Å². The molecule has 0 unspecified atom stereocenters. The molecule has 0 N–H and O–H groups in total. The molecule has 2 fully saturated rings. The molecule has 2 saturated heterocycles. The highest BCUT2D eigenvalue weighted by molar-refractivity contribution is 7.99. The lowest BCUT2D eigenvalue weighted by molar-refractivity contribution is -0.136. The van der Waals surface area contributed by atoms with Crippen LogP contribution in [0.4, 0.5) is 0 Å². The SMILES string of the molecule is COc1cc(OC)cc(C(=O)N2CCC(C(=O)N3CCSCC3)CC2)c1. The lowest BCUT2D eigenvalue weighted by atomic mass is 9.94. The number of methoxy groups -OCH3 is 2. The smallest absolute Gasteiger partial charge is 0.254 e. The Balaban J connectivity index is 1.60. The molecule has 0 bridgehead atoms. The molecule has 7 heteroatoms. The van der Waals surface area contributed by atoms with E-state index in [1.165, 1.54) is 0 Å². The van der Waals surface area contributed by atoms with Crippen LogP contribution in [0.3, 0.4) is 0 Å². The van der Waals surface area contributed by atoms with Gasteiger partial charge in [0, 0.05) is 55.2 Å². The molecule has 0 aromatic heterocycles. The number of hydrogen-bond acceptors (Lipinski definition) is 5. The normalized spacial score (nSPS) is 18.5. The quantitative estimate of drug-likeness (QED) is 0.803. The molecule has 2 aliphatic rings. The zero-order valence-electron chi connectivity index (χ0n) is 15.4. The van der Waals surface area contributed by atoms with Crippen LogP contribution in [0.1, 0.15) is 23.2 Å². The molecule has 0 aliphatic carbocycles. The van der Waals surface area contributed by atoms with E-state index in [4.69, 9.17) is 9.47 Å². The van der Waals surface area contributed by atoms with Crippen LogP contribution in [0.25, 0.3) is 0 Å². The van der Waals surface area contributed by atoms with E-state index in [-0.39, 0.29) is 17.7 Å². The van der Waals surface area contributed by atoms with Gasteiger partial charge in [-0.25, -0.2) is 0 Å². The predicted octanol–water partition coefficient (Wildman–Crippen LogP) is 2.13. The minimum atomic E-state index is -0.0394. The van der Waals surface area contributed by atoms with Gasteiger partial charge in [-0.2, -0.15) is 11.8 Å². The topological polar surface area (TPSA) is 59.1 Å². The summed E-state index contributed by atoms with van der Waals surface area (Å²) in [7, 11) is 3.14. The van der Waals surface area contributed by atoms with Crippen molar-refractivity contribution in [1.29, 1.82) is 0 Å². The number of amides is 2. The number of hydrogen-bond donors (Lipinski definition) is 0. The highest BCUT2D eigenvalue weighted by atomic mass is 32.2. The summed E-state index contributed by atoms with van der Waals surface area (Å²) >= 11 is 1.90. The summed E-state index contributed by atoms with van der Waals surface area (Å²) in [5, 5.41) is 0. The van der Waals surface area contributed by atoms with E-state index >= 15 is 0 Å². The van der Waals surface area contributed by atoms with Crippen LogP contribution in [-0.4, -0.2) is 73.5 Å². The van der Waals surface area contributed by atoms with Gasteiger partial charge in [-0.15, -0.1) is 0 Å². The number of piperidine rings is 1. The van der Waals surface area contributed by atoms with Crippen molar-refractivity contribution in [3.8, 4) is 11.5 Å². The Hall–Kier alpha value is -1.89. The lowest BCUT2D eigenvalue weighted by Gasteiger charge is -2.35. The highest BCUT2D eigenvalue weighted by Crippen LogP contribution is 2.26. The monoisotopic (exact) mass is 378 g/mol. The molecule has 1 aromatic carbocycles. The van der Waals surface area contributed by atoms with E-state index in [2.05, 4.69) is 0 Å². The third-order valence-corrected chi connectivity index (χ3v) is 6.00. The number of benzene rings is 1. The van der Waals surface area contributed by atoms with Gasteiger partial charge in [0.15, 0.2) is 0 Å². The summed E-state index contributed by atoms with van der Waals surface area (Å²) in [6.07, 6.45) is 1.46. The molecule has 142 valence electrons. The Morgan fingerprint density at radius 3 is 2.04 bits per heavy atom. The van der Waals surface area contributed by atoms with Gasteiger partial charge in [0.25, 0.3) is 5.91 Å². The van der Waals surface area contributed by atoms with Gasteiger partial charge in [-0.3, -0.25) is 9.59 Å². The third-order valence-electron chi connectivity index (χ3n) is 5.05. The van der Waals surface area contributed by atoms with E-state index < -0.39 is 0 Å². The van der Waals surface area contributed by atoms with Gasteiger partial charge in [0.05, 0.1) is 14.2 Å². The van der Waals surface area contributed by atoms with E-state index in [0.29, 0.717) is 30.2 Å². The van der Waals surface area contributed by atoms with Crippen LogP contribution < -0.4 is 9.47 Å². The number of rotatable bonds is 4. The molecular formula is C19H26N2O4S. The van der Waals surface area contributed by atoms with Gasteiger partial charge < -0.3 is 19.3 Å². The lowest BCUT2D eigenvalue weighted by Crippen LogP contribution is -2.46. The molecule has 0 atom stereocenters. The first-order valence-corrected chi connectivity index (χ1v) is 10.2. The number of nitrogens with zero attached hydrogens (tertiary/aromatic N) is 2. The Kier molecular flexibility index (Phi) is 6.29. The average molecular weight is 378 g/mol. The van der Waals surface area contributed by atoms with Crippen molar-refractivity contribution in [2.24, 2.45) is 5.92 Å². The predicted molar refractivity (Wildman–Crippen MR) is 102 cm³/mol. The highest BCUT2D eigenvalue weighted by Gasteiger charge is 2.31. The first-order chi connectivity index (χ1) is 12.6. The van der Waals surface area contributed by atoms with Crippen LogP contribution in [0, 0.1) is 5.92 Å². The van der Waals surface area contributed by atoms with Crippen molar-refractivity contribution >= 4 is 23.6 Å². The van der Waals surface area contributed by atoms with Crippen LogP contribution >= 0.6 is 11.8 Å². The maximum atomic E-state index is 12.8. The van der Waals surface area contributed by atoms with E-state index in [0.717, 1.165) is 37.4 Å². The number of carbonyl (C=O) groups is 2. The fraction of sp³-hybridized carbons (Fsp3) is 0.579. The van der Waals surface area contributed by atoms with Crippen LogP contribution in [-0.2, 0) is 4.79 Å². The van der Waals surface area contributed by atoms with Crippen molar-refractivity contribution < 1.29 is 19.1 Å². The minimum absolute atomic E-state index is 0.0394. The molecular weight excluding hydrogens is 352 g/mol. The Morgan fingerprint density at radius 1 is 0.923 bits per heavy atom. The van der Waals surface area contributed by atoms with E-state index in [9.17, 15) is 9.59 Å². The number of thioether (sulfide) groups is 1. The zero-order chi connectivity index (χ0) is 18.5. The van der Waals surface area contributed by atoms with E-state index in [1.807, 2.05) is 21.6 Å². The fourth-order valence-corrected chi connectivity index (χ4v) is 4.39. The molecule has 3 rings (SSSR count). The van der Waals surface area contributed by atoms with Crippen LogP contribution in [0.15, 0.2) is 18.2 Å². The Labute approximate surface area is 158 Å². The Morgan fingerprint density at radius 2 is 1.50 bits per heavy atom. The molecule has 1 aromatic rings. The fourth-order valence-electron chi connectivity index (χ4n) is 3.48. The van der Waals surface area contributed by atoms with Crippen molar-refractivity contribution in [2.45, 2.75) is 12.8 Å². The second kappa shape index (κ2) is 8.66. The summed E-state index contributed by atoms with van der Waals surface area (Å²) in [5.74, 6) is 3.52. The Bertz CT molecular complexity index is 631. The summed E-state index contributed by atoms with van der Waals surface area (Å²) in [5.41, 5.74) is 0.555. The maximum Gasteiger partial charge on any atom is 0.254 e. The van der Waals surface area contributed by atoms with Crippen molar-refractivity contribution in [2.75, 3.05) is 51.9 Å². The minimum Gasteiger partial charge on any atom is -0.497 e. The summed E-state index contributed by atoms with van der Waals surface area (Å²) < 4.78 is 10.5. The zero-order valence-corrected chi connectivity index (χ0v) is 16.2. The van der Waals surface area contributed by atoms with E-state index in [1.54, 1.807) is 32.4 Å². The summed E-state index contributed by atoms with van der Waals surface area (Å²) in [6.45, 7) is 2.92.